The minimum absolute atomic E-state index is 0.0682. The van der Waals surface area contributed by atoms with Gasteiger partial charge in [-0.25, -0.2) is 17.9 Å². The fraction of sp³-hybridized carbons (Fsp3) is 0.636. The Morgan fingerprint density at radius 1 is 1.12 bits per heavy atom. The molecule has 0 aromatic heterocycles. The second-order valence-electron chi connectivity index (χ2n) is 8.37. The summed E-state index contributed by atoms with van der Waals surface area (Å²) in [5.41, 5.74) is 0. The summed E-state index contributed by atoms with van der Waals surface area (Å²) >= 11 is 0. The number of nitrogens with one attached hydrogen (secondary N) is 1. The summed E-state index contributed by atoms with van der Waals surface area (Å²) in [7, 11) is -4.06. The van der Waals surface area contributed by atoms with Crippen LogP contribution in [-0.4, -0.2) is 57.7 Å². The van der Waals surface area contributed by atoms with Crippen molar-refractivity contribution in [2.24, 2.45) is 5.16 Å². The van der Waals surface area contributed by atoms with Crippen molar-refractivity contribution in [2.45, 2.75) is 88.2 Å². The number of carbonyl (C=O) groups excluding carboxylic acids is 1. The lowest BCUT2D eigenvalue weighted by Crippen LogP contribution is -2.32. The fourth-order valence-corrected chi connectivity index (χ4v) is 4.57. The van der Waals surface area contributed by atoms with Crippen LogP contribution in [0.15, 0.2) is 40.4 Å². The van der Waals surface area contributed by atoms with Gasteiger partial charge in [-0.15, -0.1) is 0 Å². The number of ether oxygens (including phenoxy) is 4. The van der Waals surface area contributed by atoms with Crippen molar-refractivity contribution in [2.75, 3.05) is 6.61 Å². The molecule has 0 radical (unpaired) electrons. The van der Waals surface area contributed by atoms with Gasteiger partial charge in [-0.3, -0.25) is 4.84 Å². The van der Waals surface area contributed by atoms with Crippen molar-refractivity contribution in [1.82, 2.24) is 4.72 Å². The topological polar surface area (TPSA) is 122 Å². The molecular weight excluding hydrogens is 452 g/mol. The number of rotatable bonds is 11. The van der Waals surface area contributed by atoms with Gasteiger partial charge in [0.15, 0.2) is 12.1 Å². The normalized spacial score (nSPS) is 26.4. The average molecular weight is 485 g/mol. The van der Waals surface area contributed by atoms with Gasteiger partial charge in [-0.1, -0.05) is 56.0 Å². The van der Waals surface area contributed by atoms with Gasteiger partial charge in [0.2, 0.25) is 0 Å². The fourth-order valence-electron chi connectivity index (χ4n) is 3.68. The molecule has 1 aromatic carbocycles. The molecule has 184 valence electrons. The molecule has 0 spiro atoms. The first kappa shape index (κ1) is 25.6. The Hall–Kier alpha value is -2.05. The summed E-state index contributed by atoms with van der Waals surface area (Å²) in [4.78, 5) is 16.5. The third kappa shape index (κ3) is 7.21. The number of oxime groups is 1. The van der Waals surface area contributed by atoms with Crippen molar-refractivity contribution in [3.05, 3.63) is 30.3 Å². The molecule has 33 heavy (non-hydrogen) atoms. The Morgan fingerprint density at radius 3 is 2.55 bits per heavy atom. The van der Waals surface area contributed by atoms with Gasteiger partial charge >= 0.3 is 6.09 Å². The number of hydrogen-bond donors (Lipinski definition) is 1. The minimum Gasteiger partial charge on any atom is -0.350 e. The molecule has 3 rings (SSSR count). The van der Waals surface area contributed by atoms with Gasteiger partial charge in [0.1, 0.15) is 18.3 Å². The molecule has 0 aliphatic carbocycles. The molecule has 11 heteroatoms. The molecule has 1 N–H and O–H groups in total. The lowest BCUT2D eigenvalue weighted by atomic mass is 10.1. The zero-order chi connectivity index (χ0) is 23.9. The van der Waals surface area contributed by atoms with Crippen LogP contribution in [0.5, 0.6) is 0 Å². The summed E-state index contributed by atoms with van der Waals surface area (Å²) in [6, 6.07) is 7.46. The maximum Gasteiger partial charge on any atom is 0.447 e. The van der Waals surface area contributed by atoms with Gasteiger partial charge in [0.25, 0.3) is 10.0 Å². The first-order valence-electron chi connectivity index (χ1n) is 11.2. The molecule has 2 aliphatic rings. The van der Waals surface area contributed by atoms with Crippen molar-refractivity contribution in [1.29, 1.82) is 0 Å². The van der Waals surface area contributed by atoms with E-state index < -0.39 is 46.5 Å². The molecule has 2 heterocycles. The van der Waals surface area contributed by atoms with Crippen LogP contribution in [0, 0.1) is 0 Å². The molecule has 0 saturated carbocycles. The number of unbranched alkanes of at least 4 members (excludes halogenated alkanes) is 4. The number of fused-ring (bicyclic) bond motifs is 1. The van der Waals surface area contributed by atoms with Crippen molar-refractivity contribution < 1.29 is 37.0 Å². The van der Waals surface area contributed by atoms with Crippen LogP contribution >= 0.6 is 0 Å². The van der Waals surface area contributed by atoms with Gasteiger partial charge in [-0.05, 0) is 32.4 Å². The summed E-state index contributed by atoms with van der Waals surface area (Å²) in [6.07, 6.45) is 3.23. The quantitative estimate of drug-likeness (QED) is 0.220. The first-order chi connectivity index (χ1) is 15.7. The van der Waals surface area contributed by atoms with E-state index in [4.69, 9.17) is 18.9 Å². The number of hydrogen-bond acceptors (Lipinski definition) is 9. The lowest BCUT2D eigenvalue weighted by molar-refractivity contribution is -0.225. The molecule has 0 bridgehead atoms. The Balaban J connectivity index is 1.52. The average Bonchev–Trinajstić information content (AvgIpc) is 3.24. The maximum atomic E-state index is 12.2. The molecule has 4 atom stereocenters. The van der Waals surface area contributed by atoms with Gasteiger partial charge in [-0.2, -0.15) is 0 Å². The highest BCUT2D eigenvalue weighted by atomic mass is 32.2. The van der Waals surface area contributed by atoms with Crippen LogP contribution in [-0.2, 0) is 33.8 Å². The predicted molar refractivity (Wildman–Crippen MR) is 119 cm³/mol. The monoisotopic (exact) mass is 484 g/mol. The number of amides is 1. The van der Waals surface area contributed by atoms with Crippen molar-refractivity contribution in [3.8, 4) is 0 Å². The van der Waals surface area contributed by atoms with E-state index in [-0.39, 0.29) is 4.90 Å². The smallest absolute Gasteiger partial charge is 0.350 e. The van der Waals surface area contributed by atoms with Crippen molar-refractivity contribution >= 4 is 22.3 Å². The third-order valence-corrected chi connectivity index (χ3v) is 6.52. The highest BCUT2D eigenvalue weighted by Crippen LogP contribution is 2.38. The van der Waals surface area contributed by atoms with E-state index in [0.29, 0.717) is 6.61 Å². The SMILES string of the molecule is CCCCCCCO[C@H]1O[C@H](C=NOC(=O)NS(=O)(=O)c2ccccc2)[C@@H]2OC(C)(C)O[C@H]12. The highest BCUT2D eigenvalue weighted by Gasteiger charge is 2.55. The molecule has 2 fully saturated rings. The summed E-state index contributed by atoms with van der Waals surface area (Å²) in [5.74, 6) is -0.823. The minimum atomic E-state index is -4.06. The summed E-state index contributed by atoms with van der Waals surface area (Å²) in [5, 5.41) is 3.59. The lowest BCUT2D eigenvalue weighted by Gasteiger charge is -2.23. The second kappa shape index (κ2) is 11.4. The number of nitrogens with zero attached hydrogens (tertiary/aromatic N) is 1. The van der Waals surface area contributed by atoms with Crippen LogP contribution in [0.1, 0.15) is 52.9 Å². The first-order valence-corrected chi connectivity index (χ1v) is 12.7. The summed E-state index contributed by atoms with van der Waals surface area (Å²) < 4.78 is 49.7. The molecule has 10 nitrogen and oxygen atoms in total. The largest absolute Gasteiger partial charge is 0.447 e. The summed E-state index contributed by atoms with van der Waals surface area (Å²) in [6.45, 7) is 6.28. The van der Waals surface area contributed by atoms with E-state index in [1.807, 2.05) is 0 Å². The van der Waals surface area contributed by atoms with Crippen LogP contribution in [0.3, 0.4) is 0 Å². The van der Waals surface area contributed by atoms with E-state index in [2.05, 4.69) is 16.9 Å². The Kier molecular flexibility index (Phi) is 8.82. The molecular formula is C22H32N2O8S. The Morgan fingerprint density at radius 2 is 1.82 bits per heavy atom. The number of carbonyl (C=O) groups is 1. The van der Waals surface area contributed by atoms with Gasteiger partial charge in [0.05, 0.1) is 11.1 Å². The van der Waals surface area contributed by atoms with Crippen LogP contribution in [0.25, 0.3) is 0 Å². The molecule has 0 unspecified atom stereocenters. The van der Waals surface area contributed by atoms with E-state index in [1.54, 1.807) is 36.8 Å². The molecule has 2 aliphatic heterocycles. The number of benzene rings is 1. The maximum absolute atomic E-state index is 12.2. The highest BCUT2D eigenvalue weighted by molar-refractivity contribution is 7.90. The molecule has 1 amide bonds. The van der Waals surface area contributed by atoms with Gasteiger partial charge in [0, 0.05) is 6.61 Å². The molecule has 2 saturated heterocycles. The van der Waals surface area contributed by atoms with E-state index in [0.717, 1.165) is 12.8 Å². The Labute approximate surface area is 194 Å². The van der Waals surface area contributed by atoms with E-state index in [1.165, 1.54) is 37.6 Å². The zero-order valence-electron chi connectivity index (χ0n) is 19.1. The molecule has 1 aromatic rings. The second-order valence-corrected chi connectivity index (χ2v) is 10.1. The van der Waals surface area contributed by atoms with Crippen LogP contribution in [0.4, 0.5) is 4.79 Å². The Bertz CT molecular complexity index is 906. The number of sulfonamides is 1. The van der Waals surface area contributed by atoms with E-state index in [9.17, 15) is 13.2 Å². The van der Waals surface area contributed by atoms with Gasteiger partial charge < -0.3 is 18.9 Å². The zero-order valence-corrected chi connectivity index (χ0v) is 20.0. The van der Waals surface area contributed by atoms with Crippen molar-refractivity contribution in [3.63, 3.8) is 0 Å². The van der Waals surface area contributed by atoms with Crippen LogP contribution < -0.4 is 4.72 Å². The standard InChI is InChI=1S/C22H32N2O8S/c1-4-5-6-7-11-14-28-20-19-18(30-22(2,3)31-19)17(29-20)15-23-32-21(25)24-33(26,27)16-12-9-8-10-13-16/h8-10,12-13,15,17-20H,4-7,11,14H2,1-3H3,(H,24,25)/t17-,18+,19+,20+/m1/s1. The third-order valence-electron chi connectivity index (χ3n) is 5.19. The predicted octanol–water partition coefficient (Wildman–Crippen LogP) is 3.32. The van der Waals surface area contributed by atoms with Crippen LogP contribution in [0.2, 0.25) is 0 Å². The van der Waals surface area contributed by atoms with E-state index >= 15 is 0 Å².